The Hall–Kier alpha value is -2.23. The van der Waals surface area contributed by atoms with Crippen molar-refractivity contribution in [3.8, 4) is 5.75 Å². The average molecular weight is 333 g/mol. The van der Waals surface area contributed by atoms with Gasteiger partial charge in [0.1, 0.15) is 11.9 Å². The molecule has 22 heavy (non-hydrogen) atoms. The molecule has 1 fully saturated rings. The second-order valence-electron chi connectivity index (χ2n) is 4.67. The summed E-state index contributed by atoms with van der Waals surface area (Å²) in [6.07, 6.45) is -0.544. The Morgan fingerprint density at radius 1 is 1.45 bits per heavy atom. The summed E-state index contributed by atoms with van der Waals surface area (Å²) in [7, 11) is -3.19. The van der Waals surface area contributed by atoms with E-state index in [9.17, 15) is 27.7 Å². The average Bonchev–Trinajstić information content (AvgIpc) is 2.75. The summed E-state index contributed by atoms with van der Waals surface area (Å²) in [6.45, 7) is -0.680. The lowest BCUT2D eigenvalue weighted by atomic mass is 10.3. The van der Waals surface area contributed by atoms with Crippen molar-refractivity contribution in [3.05, 3.63) is 34.1 Å². The van der Waals surface area contributed by atoms with E-state index in [1.807, 2.05) is 0 Å². The second kappa shape index (κ2) is 6.26. The maximum Gasteiger partial charge on any atom is 0.344 e. The number of hydrogen-bond acceptors (Lipinski definition) is 7. The van der Waals surface area contributed by atoms with Gasteiger partial charge in [-0.3, -0.25) is 10.1 Å². The molecule has 1 heterocycles. The minimum atomic E-state index is -3.19. The molecule has 0 bridgehead atoms. The van der Waals surface area contributed by atoms with E-state index in [-0.39, 0.29) is 17.9 Å². The summed E-state index contributed by atoms with van der Waals surface area (Å²) in [4.78, 5) is 21.5. The molecule has 0 amide bonds. The van der Waals surface area contributed by atoms with Gasteiger partial charge in [0.2, 0.25) is 5.75 Å². The zero-order valence-corrected chi connectivity index (χ0v) is 12.0. The van der Waals surface area contributed by atoms with Gasteiger partial charge in [-0.25, -0.2) is 17.6 Å². The van der Waals surface area contributed by atoms with Crippen LogP contribution in [0.4, 0.5) is 10.1 Å². The van der Waals surface area contributed by atoms with Gasteiger partial charge in [-0.2, -0.15) is 0 Å². The lowest BCUT2D eigenvalue weighted by Crippen LogP contribution is -2.23. The molecule has 1 aliphatic heterocycles. The molecule has 8 nitrogen and oxygen atoms in total. The third-order valence-electron chi connectivity index (χ3n) is 2.95. The fraction of sp³-hybridized carbons (Fsp3) is 0.417. The highest BCUT2D eigenvalue weighted by molar-refractivity contribution is 7.91. The van der Waals surface area contributed by atoms with Crippen LogP contribution in [0, 0.1) is 15.9 Å². The number of carbonyl (C=O) groups is 1. The predicted molar refractivity (Wildman–Crippen MR) is 71.7 cm³/mol. The molecule has 0 spiro atoms. The highest BCUT2D eigenvalue weighted by atomic mass is 32.2. The molecular formula is C12H12FNO7S. The summed E-state index contributed by atoms with van der Waals surface area (Å²) < 4.78 is 45.3. The molecule has 0 aliphatic carbocycles. The first-order valence-corrected chi connectivity index (χ1v) is 8.05. The number of rotatable bonds is 5. The van der Waals surface area contributed by atoms with E-state index in [0.29, 0.717) is 0 Å². The van der Waals surface area contributed by atoms with Crippen LogP contribution in [0.2, 0.25) is 0 Å². The van der Waals surface area contributed by atoms with Gasteiger partial charge in [0, 0.05) is 12.1 Å². The molecule has 0 unspecified atom stereocenters. The van der Waals surface area contributed by atoms with Crippen LogP contribution in [0.15, 0.2) is 18.2 Å². The van der Waals surface area contributed by atoms with Gasteiger partial charge in [-0.1, -0.05) is 0 Å². The van der Waals surface area contributed by atoms with E-state index in [2.05, 4.69) is 0 Å². The molecule has 2 rings (SSSR count). The van der Waals surface area contributed by atoms with Gasteiger partial charge in [-0.05, 0) is 12.5 Å². The van der Waals surface area contributed by atoms with Crippen molar-refractivity contribution in [2.75, 3.05) is 18.1 Å². The quantitative estimate of drug-likeness (QED) is 0.446. The zero-order valence-electron chi connectivity index (χ0n) is 11.2. The Balaban J connectivity index is 1.94. The number of nitrogens with zero attached hydrogens (tertiary/aromatic N) is 1. The number of nitro benzene ring substituents is 1. The van der Waals surface area contributed by atoms with Crippen LogP contribution in [0.3, 0.4) is 0 Å². The Kier molecular flexibility index (Phi) is 4.59. The highest BCUT2D eigenvalue weighted by Gasteiger charge is 2.30. The van der Waals surface area contributed by atoms with E-state index < -0.39 is 50.7 Å². The fourth-order valence-electron chi connectivity index (χ4n) is 1.96. The molecule has 0 aromatic heterocycles. The first-order valence-electron chi connectivity index (χ1n) is 6.23. The van der Waals surface area contributed by atoms with E-state index in [0.717, 1.165) is 18.2 Å². The Labute approximate surface area is 124 Å². The molecule has 1 aliphatic rings. The fourth-order valence-corrected chi connectivity index (χ4v) is 3.55. The molecule has 1 saturated heterocycles. The van der Waals surface area contributed by atoms with Gasteiger partial charge in [0.25, 0.3) is 0 Å². The monoisotopic (exact) mass is 333 g/mol. The van der Waals surface area contributed by atoms with Crippen LogP contribution in [-0.2, 0) is 19.4 Å². The van der Waals surface area contributed by atoms with Gasteiger partial charge in [0.15, 0.2) is 16.4 Å². The van der Waals surface area contributed by atoms with Crippen molar-refractivity contribution in [2.45, 2.75) is 12.5 Å². The summed E-state index contributed by atoms with van der Waals surface area (Å²) in [5.74, 6) is -2.34. The maximum atomic E-state index is 13.1. The van der Waals surface area contributed by atoms with Gasteiger partial charge in [0.05, 0.1) is 16.4 Å². The second-order valence-corrected chi connectivity index (χ2v) is 6.90. The third kappa shape index (κ3) is 4.13. The number of hydrogen-bond donors (Lipinski definition) is 0. The molecule has 1 aromatic rings. The van der Waals surface area contributed by atoms with Crippen LogP contribution in [0.5, 0.6) is 5.75 Å². The largest absolute Gasteiger partial charge is 0.475 e. The minimum Gasteiger partial charge on any atom is -0.475 e. The summed E-state index contributed by atoms with van der Waals surface area (Å²) in [5, 5.41) is 10.7. The van der Waals surface area contributed by atoms with Crippen molar-refractivity contribution in [2.24, 2.45) is 0 Å². The minimum absolute atomic E-state index is 0.0544. The zero-order chi connectivity index (χ0) is 16.3. The van der Waals surface area contributed by atoms with Crippen molar-refractivity contribution in [1.82, 2.24) is 0 Å². The third-order valence-corrected chi connectivity index (χ3v) is 4.69. The predicted octanol–water partition coefficient (Wildman–Crippen LogP) is 0.843. The first kappa shape index (κ1) is 16.1. The van der Waals surface area contributed by atoms with Crippen molar-refractivity contribution in [3.63, 3.8) is 0 Å². The molecule has 0 radical (unpaired) electrons. The maximum absolute atomic E-state index is 13.1. The lowest BCUT2D eigenvalue weighted by molar-refractivity contribution is -0.385. The Morgan fingerprint density at radius 2 is 2.18 bits per heavy atom. The van der Waals surface area contributed by atoms with E-state index in [1.165, 1.54) is 0 Å². The molecule has 120 valence electrons. The molecule has 1 aromatic carbocycles. The summed E-state index contributed by atoms with van der Waals surface area (Å²) in [6, 6.07) is 2.59. The van der Waals surface area contributed by atoms with Crippen molar-refractivity contribution >= 4 is 21.5 Å². The Morgan fingerprint density at radius 3 is 2.77 bits per heavy atom. The van der Waals surface area contributed by atoms with Crippen molar-refractivity contribution < 1.29 is 32.0 Å². The van der Waals surface area contributed by atoms with Crippen LogP contribution < -0.4 is 4.74 Å². The summed E-state index contributed by atoms with van der Waals surface area (Å²) >= 11 is 0. The highest BCUT2D eigenvalue weighted by Crippen LogP contribution is 2.27. The number of halogens is 1. The van der Waals surface area contributed by atoms with Gasteiger partial charge < -0.3 is 9.47 Å². The molecular weight excluding hydrogens is 321 g/mol. The standard InChI is InChI=1S/C12H12FNO7S/c13-8-1-2-10(14(16)17)11(5-8)20-6-12(15)21-9-3-4-22(18,19)7-9/h1-2,5,9H,3-4,6-7H2/t9-/m1/s1. The first-order chi connectivity index (χ1) is 10.3. The Bertz CT molecular complexity index is 703. The number of ether oxygens (including phenoxy) is 2. The number of nitro groups is 1. The van der Waals surface area contributed by atoms with Gasteiger partial charge >= 0.3 is 11.7 Å². The number of benzene rings is 1. The molecule has 0 N–H and O–H groups in total. The number of carbonyl (C=O) groups excluding carboxylic acids is 1. The van der Waals surface area contributed by atoms with Crippen LogP contribution in [-0.4, -0.2) is 43.5 Å². The smallest absolute Gasteiger partial charge is 0.344 e. The van der Waals surface area contributed by atoms with Crippen LogP contribution in [0.1, 0.15) is 6.42 Å². The molecule has 10 heteroatoms. The summed E-state index contributed by atoms with van der Waals surface area (Å²) in [5.41, 5.74) is -0.488. The SMILES string of the molecule is O=C(COc1cc(F)ccc1[N+](=O)[O-])O[C@@H]1CCS(=O)(=O)C1. The van der Waals surface area contributed by atoms with E-state index in [4.69, 9.17) is 9.47 Å². The van der Waals surface area contributed by atoms with Gasteiger partial charge in [-0.15, -0.1) is 0 Å². The van der Waals surface area contributed by atoms with Crippen LogP contribution >= 0.6 is 0 Å². The lowest BCUT2D eigenvalue weighted by Gasteiger charge is -2.11. The molecule has 1 atom stereocenters. The normalized spacial score (nSPS) is 19.6. The number of sulfone groups is 1. The molecule has 0 saturated carbocycles. The van der Waals surface area contributed by atoms with Crippen LogP contribution in [0.25, 0.3) is 0 Å². The van der Waals surface area contributed by atoms with E-state index in [1.54, 1.807) is 0 Å². The van der Waals surface area contributed by atoms with E-state index >= 15 is 0 Å². The van der Waals surface area contributed by atoms with Crippen molar-refractivity contribution in [1.29, 1.82) is 0 Å². The topological polar surface area (TPSA) is 113 Å². The number of esters is 1.